The average molecular weight is 312 g/mol. The van der Waals surface area contributed by atoms with E-state index in [1.807, 2.05) is 6.92 Å². The van der Waals surface area contributed by atoms with Gasteiger partial charge in [0, 0.05) is 18.4 Å². The Balaban J connectivity index is 1.75. The van der Waals surface area contributed by atoms with Crippen LogP contribution >= 0.6 is 23.4 Å². The van der Waals surface area contributed by atoms with E-state index < -0.39 is 6.04 Å². The topological polar surface area (TPSA) is 62.3 Å². The van der Waals surface area contributed by atoms with Crippen molar-refractivity contribution in [3.05, 3.63) is 23.4 Å². The molecule has 2 aliphatic rings. The van der Waals surface area contributed by atoms with E-state index in [1.54, 1.807) is 28.8 Å². The number of fused-ring (bicyclic) bond motifs is 1. The highest BCUT2D eigenvalue weighted by molar-refractivity contribution is 8.01. The van der Waals surface area contributed by atoms with Gasteiger partial charge in [-0.15, -0.1) is 11.8 Å². The van der Waals surface area contributed by atoms with Crippen LogP contribution in [0.25, 0.3) is 0 Å². The number of hydrogen-bond donors (Lipinski definition) is 1. The maximum atomic E-state index is 12.3. The SMILES string of the molecule is C[C@]12CCC(=O)N1[C@H](C(=O)Nc1ccc(Cl)cn1)CS2. The van der Waals surface area contributed by atoms with Crippen LogP contribution in [0.4, 0.5) is 5.82 Å². The van der Waals surface area contributed by atoms with Gasteiger partial charge in [-0.1, -0.05) is 11.6 Å². The number of carbonyl (C=O) groups excluding carboxylic acids is 2. The van der Waals surface area contributed by atoms with Crippen LogP contribution in [-0.4, -0.2) is 38.4 Å². The third kappa shape index (κ3) is 2.27. The van der Waals surface area contributed by atoms with E-state index in [1.165, 1.54) is 6.20 Å². The summed E-state index contributed by atoms with van der Waals surface area (Å²) in [4.78, 5) is 29.8. The largest absolute Gasteiger partial charge is 0.315 e. The van der Waals surface area contributed by atoms with Crippen LogP contribution in [0.3, 0.4) is 0 Å². The molecule has 2 atom stereocenters. The van der Waals surface area contributed by atoms with Crippen molar-refractivity contribution in [1.82, 2.24) is 9.88 Å². The molecule has 2 amide bonds. The standard InChI is InChI=1S/C13H14ClN3O2S/c1-13-5-4-11(18)17(13)9(7-20-13)12(19)16-10-3-2-8(14)6-15-10/h2-3,6,9H,4-5,7H2,1H3,(H,15,16,19)/t9-,13-/m0/s1. The Labute approximate surface area is 126 Å². The summed E-state index contributed by atoms with van der Waals surface area (Å²) in [6, 6.07) is 2.89. The third-order valence-corrected chi connectivity index (χ3v) is 5.45. The van der Waals surface area contributed by atoms with Crippen molar-refractivity contribution in [2.45, 2.75) is 30.7 Å². The van der Waals surface area contributed by atoms with Gasteiger partial charge in [-0.25, -0.2) is 4.98 Å². The molecule has 2 saturated heterocycles. The molecule has 0 spiro atoms. The van der Waals surface area contributed by atoms with Gasteiger partial charge in [-0.3, -0.25) is 9.59 Å². The molecule has 1 aromatic rings. The van der Waals surface area contributed by atoms with Crippen LogP contribution in [0.1, 0.15) is 19.8 Å². The summed E-state index contributed by atoms with van der Waals surface area (Å²) in [7, 11) is 0. The molecule has 1 N–H and O–H groups in total. The van der Waals surface area contributed by atoms with Crippen LogP contribution in [0.15, 0.2) is 18.3 Å². The van der Waals surface area contributed by atoms with Crippen molar-refractivity contribution >= 4 is 41.0 Å². The van der Waals surface area contributed by atoms with E-state index in [4.69, 9.17) is 11.6 Å². The molecule has 0 unspecified atom stereocenters. The molecular weight excluding hydrogens is 298 g/mol. The second kappa shape index (κ2) is 4.93. The van der Waals surface area contributed by atoms with Crippen LogP contribution < -0.4 is 5.32 Å². The second-order valence-electron chi connectivity index (χ2n) is 5.12. The van der Waals surface area contributed by atoms with Gasteiger partial charge in [-0.05, 0) is 25.5 Å². The Hall–Kier alpha value is -1.27. The molecule has 7 heteroatoms. The van der Waals surface area contributed by atoms with Gasteiger partial charge in [0.1, 0.15) is 11.9 Å². The molecule has 20 heavy (non-hydrogen) atoms. The molecular formula is C13H14ClN3O2S. The van der Waals surface area contributed by atoms with E-state index in [2.05, 4.69) is 10.3 Å². The number of nitrogens with zero attached hydrogens (tertiary/aromatic N) is 2. The lowest BCUT2D eigenvalue weighted by atomic mass is 10.2. The molecule has 3 heterocycles. The van der Waals surface area contributed by atoms with Crippen molar-refractivity contribution in [2.24, 2.45) is 0 Å². The molecule has 0 radical (unpaired) electrons. The van der Waals surface area contributed by atoms with Gasteiger partial charge >= 0.3 is 0 Å². The summed E-state index contributed by atoms with van der Waals surface area (Å²) >= 11 is 7.43. The van der Waals surface area contributed by atoms with E-state index in [0.29, 0.717) is 23.0 Å². The fourth-order valence-electron chi connectivity index (χ4n) is 2.67. The normalized spacial score (nSPS) is 28.6. The lowest BCUT2D eigenvalue weighted by Crippen LogP contribution is -2.48. The summed E-state index contributed by atoms with van der Waals surface area (Å²) in [5, 5.41) is 3.26. The van der Waals surface area contributed by atoms with Crippen molar-refractivity contribution in [2.75, 3.05) is 11.1 Å². The van der Waals surface area contributed by atoms with Crippen molar-refractivity contribution in [3.8, 4) is 0 Å². The highest BCUT2D eigenvalue weighted by Gasteiger charge is 2.52. The van der Waals surface area contributed by atoms with Crippen LogP contribution in [0, 0.1) is 0 Å². The van der Waals surface area contributed by atoms with Crippen molar-refractivity contribution in [3.63, 3.8) is 0 Å². The van der Waals surface area contributed by atoms with E-state index in [0.717, 1.165) is 6.42 Å². The van der Waals surface area contributed by atoms with Crippen molar-refractivity contribution < 1.29 is 9.59 Å². The van der Waals surface area contributed by atoms with Crippen LogP contribution in [-0.2, 0) is 9.59 Å². The lowest BCUT2D eigenvalue weighted by Gasteiger charge is -2.29. The molecule has 0 bridgehead atoms. The summed E-state index contributed by atoms with van der Waals surface area (Å²) in [6.45, 7) is 2.02. The zero-order chi connectivity index (χ0) is 14.3. The number of anilines is 1. The van der Waals surface area contributed by atoms with Gasteiger partial charge in [0.05, 0.1) is 9.89 Å². The minimum Gasteiger partial charge on any atom is -0.315 e. The van der Waals surface area contributed by atoms with Crippen molar-refractivity contribution in [1.29, 1.82) is 0 Å². The summed E-state index contributed by atoms with van der Waals surface area (Å²) in [5.74, 6) is 0.944. The number of nitrogens with one attached hydrogen (secondary N) is 1. The highest BCUT2D eigenvalue weighted by Crippen LogP contribution is 2.47. The maximum Gasteiger partial charge on any atom is 0.249 e. The third-order valence-electron chi connectivity index (χ3n) is 3.73. The molecule has 106 valence electrons. The Morgan fingerprint density at radius 1 is 1.60 bits per heavy atom. The minimum absolute atomic E-state index is 0.0571. The molecule has 0 aromatic carbocycles. The number of rotatable bonds is 2. The van der Waals surface area contributed by atoms with Gasteiger partial charge in [0.25, 0.3) is 0 Å². The number of thioether (sulfide) groups is 1. The molecule has 3 rings (SSSR count). The molecule has 2 fully saturated rings. The van der Waals surface area contributed by atoms with Gasteiger partial charge in [0.2, 0.25) is 11.8 Å². The number of pyridine rings is 1. The quantitative estimate of drug-likeness (QED) is 0.909. The number of carbonyl (C=O) groups is 2. The zero-order valence-electron chi connectivity index (χ0n) is 10.9. The minimum atomic E-state index is -0.419. The Kier molecular flexibility index (Phi) is 3.38. The molecule has 0 saturated carbocycles. The Bertz CT molecular complexity index is 565. The van der Waals surface area contributed by atoms with Crippen LogP contribution in [0.5, 0.6) is 0 Å². The maximum absolute atomic E-state index is 12.3. The lowest BCUT2D eigenvalue weighted by molar-refractivity contribution is -0.135. The molecule has 2 aliphatic heterocycles. The van der Waals surface area contributed by atoms with Crippen LogP contribution in [0.2, 0.25) is 5.02 Å². The first kappa shape index (κ1) is 13.7. The Morgan fingerprint density at radius 2 is 2.40 bits per heavy atom. The fourth-order valence-corrected chi connectivity index (χ4v) is 4.22. The smallest absolute Gasteiger partial charge is 0.249 e. The zero-order valence-corrected chi connectivity index (χ0v) is 12.5. The first-order chi connectivity index (χ1) is 9.49. The van der Waals surface area contributed by atoms with E-state index in [-0.39, 0.29) is 16.7 Å². The first-order valence-electron chi connectivity index (χ1n) is 6.38. The van der Waals surface area contributed by atoms with Gasteiger partial charge < -0.3 is 10.2 Å². The number of amides is 2. The number of aromatic nitrogens is 1. The number of halogens is 1. The summed E-state index contributed by atoms with van der Waals surface area (Å²) < 4.78 is 0. The van der Waals surface area contributed by atoms with E-state index >= 15 is 0 Å². The predicted molar refractivity (Wildman–Crippen MR) is 78.6 cm³/mol. The van der Waals surface area contributed by atoms with E-state index in [9.17, 15) is 9.59 Å². The Morgan fingerprint density at radius 3 is 3.10 bits per heavy atom. The summed E-state index contributed by atoms with van der Waals surface area (Å²) in [6.07, 6.45) is 2.80. The number of hydrogen-bond acceptors (Lipinski definition) is 4. The first-order valence-corrected chi connectivity index (χ1v) is 7.74. The molecule has 1 aromatic heterocycles. The van der Waals surface area contributed by atoms with Gasteiger partial charge in [0.15, 0.2) is 0 Å². The second-order valence-corrected chi connectivity index (χ2v) is 7.05. The molecule has 0 aliphatic carbocycles. The average Bonchev–Trinajstić information content (AvgIpc) is 2.90. The van der Waals surface area contributed by atoms with Gasteiger partial charge in [-0.2, -0.15) is 0 Å². The predicted octanol–water partition coefficient (Wildman–Crippen LogP) is 2.13. The summed E-state index contributed by atoms with van der Waals surface area (Å²) in [5.41, 5.74) is 0. The fraction of sp³-hybridized carbons (Fsp3) is 0.462. The highest BCUT2D eigenvalue weighted by atomic mass is 35.5. The molecule has 5 nitrogen and oxygen atoms in total. The monoisotopic (exact) mass is 311 g/mol.